The first-order valence-corrected chi connectivity index (χ1v) is 10.3. The van der Waals surface area contributed by atoms with Gasteiger partial charge in [-0.05, 0) is 46.9 Å². The number of hydrogen-bond acceptors (Lipinski definition) is 5. The Morgan fingerprint density at radius 2 is 2.10 bits per heavy atom. The van der Waals surface area contributed by atoms with Crippen molar-refractivity contribution >= 4 is 22.5 Å². The summed E-state index contributed by atoms with van der Waals surface area (Å²) < 4.78 is 9.10. The van der Waals surface area contributed by atoms with E-state index in [1.54, 1.807) is 18.1 Å². The molecule has 4 rings (SSSR count). The van der Waals surface area contributed by atoms with Crippen molar-refractivity contribution in [3.63, 3.8) is 0 Å². The van der Waals surface area contributed by atoms with Crippen LogP contribution < -0.4 is 5.32 Å². The lowest BCUT2D eigenvalue weighted by atomic mass is 9.71. The lowest BCUT2D eigenvalue weighted by Crippen LogP contribution is -2.34. The predicted octanol–water partition coefficient (Wildman–Crippen LogP) is 3.25. The molecule has 29 heavy (non-hydrogen) atoms. The van der Waals surface area contributed by atoms with Crippen molar-refractivity contribution in [1.82, 2.24) is 24.8 Å². The maximum absolute atomic E-state index is 13.0. The van der Waals surface area contributed by atoms with Gasteiger partial charge in [0.25, 0.3) is 0 Å². The first kappa shape index (κ1) is 19.6. The van der Waals surface area contributed by atoms with Crippen molar-refractivity contribution in [2.75, 3.05) is 19.0 Å². The van der Waals surface area contributed by atoms with E-state index < -0.39 is 0 Å². The Balaban J connectivity index is 1.50. The third kappa shape index (κ3) is 4.48. The number of rotatable bonds is 8. The van der Waals surface area contributed by atoms with Gasteiger partial charge in [-0.2, -0.15) is 0 Å². The molecule has 154 valence electrons. The van der Waals surface area contributed by atoms with Crippen LogP contribution in [0.1, 0.15) is 38.5 Å². The zero-order chi connectivity index (χ0) is 20.1. The van der Waals surface area contributed by atoms with E-state index >= 15 is 0 Å². The molecule has 1 saturated carbocycles. The Morgan fingerprint density at radius 1 is 1.24 bits per heavy atom. The SMILES string of the molecule is COCCn1ccc2c(NC(=O)CC3(Cn4cnnn4)CCCCC3)cccc21. The Morgan fingerprint density at radius 3 is 2.86 bits per heavy atom. The Hall–Kier alpha value is -2.74. The number of amides is 1. The molecule has 1 amide bonds. The van der Waals surface area contributed by atoms with Crippen LogP contribution in [0.5, 0.6) is 0 Å². The smallest absolute Gasteiger partial charge is 0.225 e. The molecular formula is C21H28N6O2. The number of hydrogen-bond donors (Lipinski definition) is 1. The molecular weight excluding hydrogens is 368 g/mol. The third-order valence-electron chi connectivity index (χ3n) is 5.96. The van der Waals surface area contributed by atoms with Crippen LogP contribution >= 0.6 is 0 Å². The van der Waals surface area contributed by atoms with Crippen LogP contribution in [0.25, 0.3) is 10.9 Å². The standard InChI is InChI=1S/C21H28N6O2/c1-29-13-12-26-11-8-17-18(6-5-7-19(17)26)23-20(28)14-21(9-3-2-4-10-21)15-27-16-22-24-25-27/h5-8,11,16H,2-4,9-10,12-15H2,1H3,(H,23,28). The predicted molar refractivity (Wildman–Crippen MR) is 110 cm³/mol. The fraction of sp³-hybridized carbons (Fsp3) is 0.524. The van der Waals surface area contributed by atoms with Crippen LogP contribution in [0.15, 0.2) is 36.8 Å². The molecule has 0 aliphatic heterocycles. The molecule has 8 nitrogen and oxygen atoms in total. The van der Waals surface area contributed by atoms with Crippen LogP contribution in [0.3, 0.4) is 0 Å². The minimum absolute atomic E-state index is 0.0529. The maximum Gasteiger partial charge on any atom is 0.225 e. The molecule has 8 heteroatoms. The topological polar surface area (TPSA) is 86.9 Å². The number of aromatic nitrogens is 5. The van der Waals surface area contributed by atoms with Crippen LogP contribution in [0.2, 0.25) is 0 Å². The monoisotopic (exact) mass is 396 g/mol. The van der Waals surface area contributed by atoms with Crippen molar-refractivity contribution in [3.05, 3.63) is 36.8 Å². The van der Waals surface area contributed by atoms with Gasteiger partial charge in [0.2, 0.25) is 5.91 Å². The largest absolute Gasteiger partial charge is 0.383 e. The van der Waals surface area contributed by atoms with Crippen molar-refractivity contribution in [2.24, 2.45) is 5.41 Å². The van der Waals surface area contributed by atoms with E-state index in [1.165, 1.54) is 6.42 Å². The van der Waals surface area contributed by atoms with Crippen molar-refractivity contribution in [1.29, 1.82) is 0 Å². The van der Waals surface area contributed by atoms with E-state index in [1.807, 2.05) is 18.3 Å². The summed E-state index contributed by atoms with van der Waals surface area (Å²) in [5.74, 6) is 0.0529. The minimum Gasteiger partial charge on any atom is -0.383 e. The number of fused-ring (bicyclic) bond motifs is 1. The van der Waals surface area contributed by atoms with Gasteiger partial charge >= 0.3 is 0 Å². The summed E-state index contributed by atoms with van der Waals surface area (Å²) in [7, 11) is 1.70. The Labute approximate surface area is 170 Å². The molecule has 0 radical (unpaired) electrons. The average molecular weight is 396 g/mol. The number of carbonyl (C=O) groups is 1. The van der Waals surface area contributed by atoms with Crippen LogP contribution in [0, 0.1) is 5.41 Å². The van der Waals surface area contributed by atoms with Crippen LogP contribution in [-0.2, 0) is 22.6 Å². The highest BCUT2D eigenvalue weighted by Gasteiger charge is 2.35. The number of tetrazole rings is 1. The fourth-order valence-electron chi connectivity index (χ4n) is 4.54. The lowest BCUT2D eigenvalue weighted by molar-refractivity contribution is -0.119. The second kappa shape index (κ2) is 8.73. The van der Waals surface area contributed by atoms with E-state index in [9.17, 15) is 4.79 Å². The maximum atomic E-state index is 13.0. The summed E-state index contributed by atoms with van der Waals surface area (Å²) in [5, 5.41) is 15.7. The molecule has 0 saturated heterocycles. The fourth-order valence-corrected chi connectivity index (χ4v) is 4.54. The summed E-state index contributed by atoms with van der Waals surface area (Å²) in [4.78, 5) is 13.0. The molecule has 1 N–H and O–H groups in total. The van der Waals surface area contributed by atoms with Gasteiger partial charge in [-0.15, -0.1) is 5.10 Å². The quantitative estimate of drug-likeness (QED) is 0.632. The summed E-state index contributed by atoms with van der Waals surface area (Å²) in [5.41, 5.74) is 1.87. The molecule has 3 aromatic rings. The molecule has 2 heterocycles. The molecule has 1 fully saturated rings. The normalized spacial score (nSPS) is 16.2. The second-order valence-corrected chi connectivity index (χ2v) is 8.03. The van der Waals surface area contributed by atoms with Gasteiger partial charge in [-0.25, -0.2) is 4.68 Å². The van der Waals surface area contributed by atoms with E-state index in [-0.39, 0.29) is 11.3 Å². The summed E-state index contributed by atoms with van der Waals surface area (Å²) >= 11 is 0. The molecule has 1 aromatic carbocycles. The van der Waals surface area contributed by atoms with Gasteiger partial charge in [0.05, 0.1) is 24.4 Å². The number of nitrogens with one attached hydrogen (secondary N) is 1. The van der Waals surface area contributed by atoms with Gasteiger partial charge in [0.15, 0.2) is 0 Å². The molecule has 0 bridgehead atoms. The van der Waals surface area contributed by atoms with Crippen molar-refractivity contribution in [3.8, 4) is 0 Å². The van der Waals surface area contributed by atoms with Gasteiger partial charge in [0.1, 0.15) is 6.33 Å². The Bertz CT molecular complexity index is 943. The summed E-state index contributed by atoms with van der Waals surface area (Å²) in [6.07, 6.45) is 9.73. The molecule has 0 spiro atoms. The van der Waals surface area contributed by atoms with Crippen molar-refractivity contribution < 1.29 is 9.53 Å². The molecule has 0 atom stereocenters. The molecule has 2 aromatic heterocycles. The highest BCUT2D eigenvalue weighted by atomic mass is 16.5. The molecule has 0 unspecified atom stereocenters. The average Bonchev–Trinajstić information content (AvgIpc) is 3.37. The zero-order valence-electron chi connectivity index (χ0n) is 16.9. The zero-order valence-corrected chi connectivity index (χ0v) is 16.9. The second-order valence-electron chi connectivity index (χ2n) is 8.03. The van der Waals surface area contributed by atoms with E-state index in [4.69, 9.17) is 4.74 Å². The molecule has 1 aliphatic carbocycles. The number of anilines is 1. The van der Waals surface area contributed by atoms with E-state index in [0.717, 1.165) is 48.8 Å². The van der Waals surface area contributed by atoms with Crippen molar-refractivity contribution in [2.45, 2.75) is 51.6 Å². The van der Waals surface area contributed by atoms with Gasteiger partial charge in [-0.1, -0.05) is 25.3 Å². The van der Waals surface area contributed by atoms with Crippen LogP contribution in [-0.4, -0.2) is 44.4 Å². The lowest BCUT2D eigenvalue weighted by Gasteiger charge is -2.36. The van der Waals surface area contributed by atoms with E-state index in [2.05, 4.69) is 37.5 Å². The number of nitrogens with zero attached hydrogens (tertiary/aromatic N) is 5. The molecule has 1 aliphatic rings. The number of benzene rings is 1. The first-order chi connectivity index (χ1) is 14.2. The Kier molecular flexibility index (Phi) is 5.89. The number of methoxy groups -OCH3 is 1. The summed E-state index contributed by atoms with van der Waals surface area (Å²) in [6.45, 7) is 2.12. The first-order valence-electron chi connectivity index (χ1n) is 10.3. The van der Waals surface area contributed by atoms with Crippen LogP contribution in [0.4, 0.5) is 5.69 Å². The number of carbonyl (C=O) groups excluding carboxylic acids is 1. The third-order valence-corrected chi connectivity index (χ3v) is 5.96. The van der Waals surface area contributed by atoms with Gasteiger partial charge in [0, 0.05) is 31.7 Å². The number of ether oxygens (including phenoxy) is 1. The van der Waals surface area contributed by atoms with Gasteiger partial charge in [-0.3, -0.25) is 4.79 Å². The van der Waals surface area contributed by atoms with Gasteiger partial charge < -0.3 is 14.6 Å². The summed E-state index contributed by atoms with van der Waals surface area (Å²) in [6, 6.07) is 8.08. The van der Waals surface area contributed by atoms with E-state index in [0.29, 0.717) is 19.6 Å². The highest BCUT2D eigenvalue weighted by Crippen LogP contribution is 2.41. The highest BCUT2D eigenvalue weighted by molar-refractivity contribution is 6.01. The minimum atomic E-state index is -0.0873.